The molecule has 9 heavy (non-hydrogen) atoms. The van der Waals surface area contributed by atoms with Gasteiger partial charge in [0, 0.05) is 12.6 Å². The van der Waals surface area contributed by atoms with Crippen LogP contribution in [0.5, 0.6) is 0 Å². The summed E-state index contributed by atoms with van der Waals surface area (Å²) in [5.74, 6) is 0. The van der Waals surface area contributed by atoms with Crippen molar-refractivity contribution >= 4 is 6.09 Å². The fraction of sp³-hybridized carbons (Fsp3) is 0.833. The lowest BCUT2D eigenvalue weighted by Crippen LogP contribution is -2.31. The summed E-state index contributed by atoms with van der Waals surface area (Å²) in [4.78, 5) is 11.8. The number of amides is 1. The summed E-state index contributed by atoms with van der Waals surface area (Å²) in [6, 6.07) is 0.238. The number of hydrogen-bond donors (Lipinski definition) is 1. The minimum absolute atomic E-state index is 0.238. The zero-order valence-corrected chi connectivity index (χ0v) is 5.50. The first-order valence-electron chi connectivity index (χ1n) is 3.21. The Labute approximate surface area is 54.3 Å². The Morgan fingerprint density at radius 1 is 1.78 bits per heavy atom. The molecule has 0 bridgehead atoms. The first-order valence-corrected chi connectivity index (χ1v) is 3.21. The summed E-state index contributed by atoms with van der Waals surface area (Å²) in [6.07, 6.45) is 1.26. The van der Waals surface area contributed by atoms with E-state index in [4.69, 9.17) is 5.11 Å². The Balaban J connectivity index is 2.49. The summed E-state index contributed by atoms with van der Waals surface area (Å²) in [7, 11) is 0. The van der Waals surface area contributed by atoms with E-state index in [0.717, 1.165) is 19.4 Å². The van der Waals surface area contributed by atoms with Gasteiger partial charge in [-0.15, -0.1) is 0 Å². The second kappa shape index (κ2) is 2.25. The number of carbonyl (C=O) groups is 1. The van der Waals surface area contributed by atoms with Crippen LogP contribution in [0.3, 0.4) is 0 Å². The number of nitrogens with zero attached hydrogens (tertiary/aromatic N) is 1. The Hall–Kier alpha value is -0.730. The molecule has 1 N–H and O–H groups in total. The Kier molecular flexibility index (Phi) is 1.60. The molecule has 0 aromatic heterocycles. The molecule has 0 unspecified atom stereocenters. The molecule has 0 aliphatic carbocycles. The van der Waals surface area contributed by atoms with Crippen molar-refractivity contribution < 1.29 is 9.90 Å². The third kappa shape index (κ3) is 1.15. The predicted molar refractivity (Wildman–Crippen MR) is 33.4 cm³/mol. The van der Waals surface area contributed by atoms with Gasteiger partial charge in [0.2, 0.25) is 0 Å². The molecule has 1 heterocycles. The molecule has 0 spiro atoms. The highest BCUT2D eigenvalue weighted by atomic mass is 16.4. The van der Waals surface area contributed by atoms with Crippen molar-refractivity contribution in [1.29, 1.82) is 0 Å². The molecule has 1 fully saturated rings. The van der Waals surface area contributed by atoms with E-state index in [1.165, 1.54) is 4.90 Å². The zero-order chi connectivity index (χ0) is 6.85. The highest BCUT2D eigenvalue weighted by Crippen LogP contribution is 2.15. The number of hydrogen-bond acceptors (Lipinski definition) is 1. The number of rotatable bonds is 0. The third-order valence-corrected chi connectivity index (χ3v) is 1.80. The molecule has 1 aliphatic rings. The maximum atomic E-state index is 10.3. The molecule has 1 rings (SSSR count). The first kappa shape index (κ1) is 6.39. The summed E-state index contributed by atoms with van der Waals surface area (Å²) in [5, 5.41) is 8.51. The first-order chi connectivity index (χ1) is 4.22. The lowest BCUT2D eigenvalue weighted by Gasteiger charge is -2.16. The van der Waals surface area contributed by atoms with E-state index in [1.807, 2.05) is 6.92 Å². The van der Waals surface area contributed by atoms with Crippen molar-refractivity contribution in [2.24, 2.45) is 0 Å². The molecule has 0 saturated carbocycles. The summed E-state index contributed by atoms with van der Waals surface area (Å²) in [5.41, 5.74) is 0. The third-order valence-electron chi connectivity index (χ3n) is 1.80. The van der Waals surface area contributed by atoms with Gasteiger partial charge in [-0.3, -0.25) is 0 Å². The minimum Gasteiger partial charge on any atom is -0.465 e. The van der Waals surface area contributed by atoms with Crippen LogP contribution in [0.4, 0.5) is 4.79 Å². The second-order valence-electron chi connectivity index (χ2n) is 2.47. The maximum absolute atomic E-state index is 10.3. The molecule has 1 atom stereocenters. The van der Waals surface area contributed by atoms with Crippen molar-refractivity contribution in [2.75, 3.05) is 6.54 Å². The van der Waals surface area contributed by atoms with Crippen LogP contribution in [0.25, 0.3) is 0 Å². The van der Waals surface area contributed by atoms with E-state index in [9.17, 15) is 4.79 Å². The van der Waals surface area contributed by atoms with Gasteiger partial charge in [-0.05, 0) is 19.8 Å². The van der Waals surface area contributed by atoms with Crippen LogP contribution in [0.15, 0.2) is 0 Å². The summed E-state index contributed by atoms with van der Waals surface area (Å²) < 4.78 is 0. The lowest BCUT2D eigenvalue weighted by atomic mass is 11.0. The fourth-order valence-electron chi connectivity index (χ4n) is 1.22. The molecule has 1 amide bonds. The van der Waals surface area contributed by atoms with Crippen molar-refractivity contribution in [1.82, 2.24) is 4.90 Å². The normalized spacial score (nSPS) is 26.8. The second-order valence-corrected chi connectivity index (χ2v) is 2.47. The Bertz CT molecular complexity index is 124. The van der Waals surface area contributed by atoms with Gasteiger partial charge in [0.05, 0.1) is 0 Å². The maximum Gasteiger partial charge on any atom is 0.407 e. The van der Waals surface area contributed by atoms with Crippen LogP contribution in [-0.2, 0) is 0 Å². The SMILES string of the molecule is [13CH3][13C@@H]1[13CH2][13CH2][13CH2]N1C(=O)O. The molecule has 0 aromatic carbocycles. The van der Waals surface area contributed by atoms with Gasteiger partial charge in [0.1, 0.15) is 0 Å². The summed E-state index contributed by atoms with van der Waals surface area (Å²) >= 11 is 0. The van der Waals surface area contributed by atoms with Crippen molar-refractivity contribution in [3.05, 3.63) is 0 Å². The van der Waals surface area contributed by atoms with E-state index in [2.05, 4.69) is 0 Å². The van der Waals surface area contributed by atoms with Gasteiger partial charge >= 0.3 is 6.09 Å². The minimum atomic E-state index is -0.778. The van der Waals surface area contributed by atoms with Gasteiger partial charge in [-0.1, -0.05) is 0 Å². The zero-order valence-electron chi connectivity index (χ0n) is 5.50. The Morgan fingerprint density at radius 2 is 2.44 bits per heavy atom. The predicted octanol–water partition coefficient (Wildman–Crippen LogP) is 1.15. The van der Waals surface area contributed by atoms with Crippen molar-refractivity contribution in [2.45, 2.75) is 25.8 Å². The number of likely N-dealkylation sites (tertiary alicyclic amines) is 1. The molecule has 0 radical (unpaired) electrons. The fourth-order valence-corrected chi connectivity index (χ4v) is 1.22. The van der Waals surface area contributed by atoms with E-state index < -0.39 is 6.09 Å². The highest BCUT2D eigenvalue weighted by molar-refractivity contribution is 5.65. The monoisotopic (exact) mass is 134 g/mol. The molecule has 1 aliphatic heterocycles. The Morgan fingerprint density at radius 3 is 2.67 bits per heavy atom. The van der Waals surface area contributed by atoms with Crippen LogP contribution < -0.4 is 0 Å². The van der Waals surface area contributed by atoms with Gasteiger partial charge in [-0.25, -0.2) is 4.79 Å². The highest BCUT2D eigenvalue weighted by Gasteiger charge is 2.23. The quantitative estimate of drug-likeness (QED) is 0.505. The van der Waals surface area contributed by atoms with E-state index in [-0.39, 0.29) is 6.04 Å². The van der Waals surface area contributed by atoms with Gasteiger partial charge in [0.25, 0.3) is 0 Å². The van der Waals surface area contributed by atoms with Gasteiger partial charge in [-0.2, -0.15) is 0 Å². The standard InChI is InChI=1S/C6H11NO2/c1-5-3-2-4-7(5)6(8)9/h5H,2-4H2,1H3,(H,8,9)/t5-/m1/s1/i1+1,2+1,3+1,4+1,5+1. The number of carboxylic acid groups (broad SMARTS) is 1. The molecule has 52 valence electrons. The molecular weight excluding hydrogens is 123 g/mol. The lowest BCUT2D eigenvalue weighted by molar-refractivity contribution is 0.143. The molecule has 0 aromatic rings. The van der Waals surface area contributed by atoms with E-state index in [0.29, 0.717) is 0 Å². The van der Waals surface area contributed by atoms with Crippen molar-refractivity contribution in [3.8, 4) is 0 Å². The van der Waals surface area contributed by atoms with Crippen LogP contribution in [0, 0.1) is 0 Å². The van der Waals surface area contributed by atoms with Crippen LogP contribution >= 0.6 is 0 Å². The smallest absolute Gasteiger partial charge is 0.407 e. The molecular formula is C6H11NO2. The molecule has 3 heteroatoms. The molecule has 1 saturated heterocycles. The van der Waals surface area contributed by atoms with E-state index >= 15 is 0 Å². The average molecular weight is 134 g/mol. The topological polar surface area (TPSA) is 40.5 Å². The van der Waals surface area contributed by atoms with E-state index in [1.54, 1.807) is 0 Å². The van der Waals surface area contributed by atoms with Crippen LogP contribution in [0.1, 0.15) is 19.8 Å². The average Bonchev–Trinajstić information content (AvgIpc) is 2.13. The van der Waals surface area contributed by atoms with Crippen LogP contribution in [0.2, 0.25) is 0 Å². The largest absolute Gasteiger partial charge is 0.465 e. The van der Waals surface area contributed by atoms with Crippen molar-refractivity contribution in [3.63, 3.8) is 0 Å². The van der Waals surface area contributed by atoms with Gasteiger partial charge in [0.15, 0.2) is 0 Å². The molecule has 3 nitrogen and oxygen atoms in total. The van der Waals surface area contributed by atoms with Crippen LogP contribution in [-0.4, -0.2) is 28.7 Å². The van der Waals surface area contributed by atoms with Gasteiger partial charge < -0.3 is 10.0 Å². The summed E-state index contributed by atoms with van der Waals surface area (Å²) in [6.45, 7) is 2.66.